The third-order valence-electron chi connectivity index (χ3n) is 7.85. The van der Waals surface area contributed by atoms with Crippen LogP contribution in [-0.4, -0.2) is 73.0 Å². The Hall–Kier alpha value is -5.65. The number of esters is 1. The van der Waals surface area contributed by atoms with Gasteiger partial charge in [-0.15, -0.1) is 21.5 Å². The highest BCUT2D eigenvalue weighted by Gasteiger charge is 2.55. The topological polar surface area (TPSA) is 184 Å². The number of nitrogen functional groups attached to an aromatic ring is 1. The number of amides is 2. The lowest BCUT2D eigenvalue weighted by Gasteiger charge is -2.49. The summed E-state index contributed by atoms with van der Waals surface area (Å²) in [5, 5.41) is 16.5. The van der Waals surface area contributed by atoms with Crippen LogP contribution in [0.25, 0.3) is 0 Å². The van der Waals surface area contributed by atoms with Crippen molar-refractivity contribution >= 4 is 63.1 Å². The number of anilines is 1. The zero-order valence-electron chi connectivity index (χ0n) is 26.5. The third-order valence-corrected chi connectivity index (χ3v) is 10.4. The number of thioether (sulfide) groups is 1. The Morgan fingerprint density at radius 2 is 1.78 bits per heavy atom. The maximum Gasteiger partial charge on any atom is 0.359 e. The van der Waals surface area contributed by atoms with E-state index in [1.165, 1.54) is 28.0 Å². The standard InChI is InChI=1S/C34H28N8O6S3/c35-33-38-23(17-49-33)26(41-47-15-20-11-13-36-14-12-20)30(43)39-27-24-16-46-25(18-50-34-40-37-19-51-34)28(42(24)31(27)44)32(45)48-29(21-7-3-1-4-8-21)22-9-5-2-6-10-22/h1-14,17,19,24,27,29H,15-16,18H2,(H2,35,38)(H,39,43)/b41-26-. The highest BCUT2D eigenvalue weighted by molar-refractivity contribution is 8.01. The summed E-state index contributed by atoms with van der Waals surface area (Å²) in [6.07, 6.45) is 2.45. The van der Waals surface area contributed by atoms with Gasteiger partial charge >= 0.3 is 5.97 Å². The van der Waals surface area contributed by atoms with Crippen LogP contribution in [0.15, 0.2) is 117 Å². The number of nitrogens with zero attached hydrogens (tertiary/aromatic N) is 6. The first-order valence-electron chi connectivity index (χ1n) is 15.5. The quantitative estimate of drug-likeness (QED) is 0.0584. The van der Waals surface area contributed by atoms with Crippen LogP contribution in [0.4, 0.5) is 5.13 Å². The number of hydrogen-bond donors (Lipinski definition) is 2. The van der Waals surface area contributed by atoms with Gasteiger partial charge in [0.2, 0.25) is 0 Å². The van der Waals surface area contributed by atoms with Crippen LogP contribution in [0.3, 0.4) is 0 Å². The highest BCUT2D eigenvalue weighted by atomic mass is 32.2. The van der Waals surface area contributed by atoms with Crippen molar-refractivity contribution in [3.05, 3.63) is 130 Å². The maximum atomic E-state index is 14.2. The second-order valence-electron chi connectivity index (χ2n) is 11.0. The van der Waals surface area contributed by atoms with E-state index in [4.69, 9.17) is 20.0 Å². The number of benzene rings is 2. The fraction of sp³-hybridized carbons (Fsp3) is 0.176. The number of nitrogens with two attached hydrogens (primary N) is 1. The fourth-order valence-corrected chi connectivity index (χ4v) is 7.41. The van der Waals surface area contributed by atoms with Crippen molar-refractivity contribution < 1.29 is 28.7 Å². The van der Waals surface area contributed by atoms with E-state index in [0.717, 1.165) is 28.0 Å². The largest absolute Gasteiger partial charge is 0.492 e. The first-order valence-corrected chi connectivity index (χ1v) is 18.2. The molecule has 1 fully saturated rings. The number of oxime groups is 1. The van der Waals surface area contributed by atoms with E-state index in [9.17, 15) is 14.4 Å². The summed E-state index contributed by atoms with van der Waals surface area (Å²) in [6.45, 7) is 0.0710. The van der Waals surface area contributed by atoms with Crippen LogP contribution in [-0.2, 0) is 35.3 Å². The normalized spacial score (nSPS) is 17.0. The molecule has 0 bridgehead atoms. The van der Waals surface area contributed by atoms with E-state index >= 15 is 0 Å². The van der Waals surface area contributed by atoms with Crippen LogP contribution in [0.1, 0.15) is 28.5 Å². The van der Waals surface area contributed by atoms with Gasteiger partial charge in [-0.25, -0.2) is 9.78 Å². The summed E-state index contributed by atoms with van der Waals surface area (Å²) >= 11 is 3.78. The lowest BCUT2D eigenvalue weighted by Crippen LogP contribution is -2.73. The Bertz CT molecular complexity index is 2020. The van der Waals surface area contributed by atoms with Gasteiger partial charge in [0.05, 0.1) is 5.75 Å². The number of ether oxygens (including phenoxy) is 2. The number of hydrogen-bond acceptors (Lipinski definition) is 15. The molecule has 0 saturated carbocycles. The summed E-state index contributed by atoms with van der Waals surface area (Å²) in [6, 6.07) is 20.4. The Labute approximate surface area is 303 Å². The molecule has 5 heterocycles. The molecule has 3 N–H and O–H groups in total. The first kappa shape index (κ1) is 33.8. The van der Waals surface area contributed by atoms with Gasteiger partial charge in [0, 0.05) is 17.8 Å². The molecule has 2 aliphatic heterocycles. The van der Waals surface area contributed by atoms with Gasteiger partial charge in [-0.3, -0.25) is 19.5 Å². The zero-order valence-corrected chi connectivity index (χ0v) is 29.0. The number of aromatic nitrogens is 4. The molecule has 258 valence electrons. The Morgan fingerprint density at radius 3 is 2.43 bits per heavy atom. The van der Waals surface area contributed by atoms with E-state index < -0.39 is 36.0 Å². The van der Waals surface area contributed by atoms with Crippen molar-refractivity contribution in [2.75, 3.05) is 18.1 Å². The van der Waals surface area contributed by atoms with Crippen molar-refractivity contribution in [2.24, 2.45) is 5.16 Å². The molecular formula is C34H28N8O6S3. The Kier molecular flexibility index (Phi) is 10.3. The molecule has 2 atom stereocenters. The van der Waals surface area contributed by atoms with Crippen LogP contribution in [0, 0.1) is 0 Å². The molecule has 3 aromatic heterocycles. The summed E-state index contributed by atoms with van der Waals surface area (Å²) in [7, 11) is 0. The highest BCUT2D eigenvalue weighted by Crippen LogP contribution is 2.37. The zero-order chi connectivity index (χ0) is 35.2. The average molecular weight is 741 g/mol. The van der Waals surface area contributed by atoms with Gasteiger partial charge in [0.1, 0.15) is 42.3 Å². The summed E-state index contributed by atoms with van der Waals surface area (Å²) < 4.78 is 13.0. The second-order valence-corrected chi connectivity index (χ2v) is 14.0. The number of nitrogens with one attached hydrogen (secondary N) is 1. The average Bonchev–Trinajstić information content (AvgIpc) is 3.86. The molecule has 0 spiro atoms. The Morgan fingerprint density at radius 1 is 1.06 bits per heavy atom. The molecule has 0 radical (unpaired) electrons. The number of rotatable bonds is 13. The Balaban J connectivity index is 1.14. The fourth-order valence-electron chi connectivity index (χ4n) is 5.42. The van der Waals surface area contributed by atoms with E-state index in [2.05, 4.69) is 30.6 Å². The van der Waals surface area contributed by atoms with Gasteiger partial charge in [0.25, 0.3) is 11.8 Å². The second kappa shape index (κ2) is 15.5. The minimum Gasteiger partial charge on any atom is -0.492 e. The van der Waals surface area contributed by atoms with E-state index in [1.807, 2.05) is 60.7 Å². The summed E-state index contributed by atoms with van der Waals surface area (Å²) in [5.74, 6) is -1.56. The molecule has 2 amide bonds. The SMILES string of the molecule is Nc1nc(/C(=N/OCc2ccncc2)C(=O)NC2C(=O)N3C(C(=O)OC(c4ccccc4)c4ccccc4)=C(CSc4nncs4)OCC23)cs1. The van der Waals surface area contributed by atoms with Gasteiger partial charge in [0.15, 0.2) is 27.0 Å². The molecule has 51 heavy (non-hydrogen) atoms. The molecule has 14 nitrogen and oxygen atoms in total. The molecule has 2 unspecified atom stereocenters. The molecule has 5 aromatic rings. The number of fused-ring (bicyclic) bond motifs is 1. The molecule has 7 rings (SSSR count). The van der Waals surface area contributed by atoms with Crippen LogP contribution >= 0.6 is 34.4 Å². The van der Waals surface area contributed by atoms with Crippen LogP contribution in [0.2, 0.25) is 0 Å². The number of pyridine rings is 1. The van der Waals surface area contributed by atoms with Gasteiger partial charge < -0.3 is 25.4 Å². The van der Waals surface area contributed by atoms with E-state index in [0.29, 0.717) is 4.34 Å². The maximum absolute atomic E-state index is 14.2. The molecule has 2 aliphatic rings. The van der Waals surface area contributed by atoms with Gasteiger partial charge in [-0.2, -0.15) is 0 Å². The van der Waals surface area contributed by atoms with E-state index in [-0.39, 0.29) is 47.0 Å². The van der Waals surface area contributed by atoms with Crippen molar-refractivity contribution in [2.45, 2.75) is 29.1 Å². The van der Waals surface area contributed by atoms with Crippen molar-refractivity contribution in [1.29, 1.82) is 0 Å². The molecule has 0 aliphatic carbocycles. The number of carbonyl (C=O) groups is 3. The van der Waals surface area contributed by atoms with Crippen LogP contribution in [0.5, 0.6) is 0 Å². The monoisotopic (exact) mass is 740 g/mol. The predicted molar refractivity (Wildman–Crippen MR) is 189 cm³/mol. The lowest BCUT2D eigenvalue weighted by molar-refractivity contribution is -0.163. The molecule has 2 aromatic carbocycles. The summed E-state index contributed by atoms with van der Waals surface area (Å²) in [4.78, 5) is 56.7. The first-order chi connectivity index (χ1) is 25.0. The summed E-state index contributed by atoms with van der Waals surface area (Å²) in [5.41, 5.74) is 9.69. The minimum atomic E-state index is -1.04. The lowest BCUT2D eigenvalue weighted by atomic mass is 9.92. The van der Waals surface area contributed by atoms with Gasteiger partial charge in [-0.05, 0) is 28.8 Å². The van der Waals surface area contributed by atoms with Crippen LogP contribution < -0.4 is 11.1 Å². The minimum absolute atomic E-state index is 0.00888. The molecule has 17 heteroatoms. The van der Waals surface area contributed by atoms with Crippen molar-refractivity contribution in [1.82, 2.24) is 30.4 Å². The number of thiazole rings is 1. The van der Waals surface area contributed by atoms with Gasteiger partial charge in [-0.1, -0.05) is 88.9 Å². The molecular weight excluding hydrogens is 713 g/mol. The number of carbonyl (C=O) groups excluding carboxylic acids is 3. The number of β-lactam (4-membered cyclic amide) rings is 1. The predicted octanol–water partition coefficient (Wildman–Crippen LogP) is 3.96. The van der Waals surface area contributed by atoms with Crippen molar-refractivity contribution in [3.63, 3.8) is 0 Å². The third kappa shape index (κ3) is 7.59. The van der Waals surface area contributed by atoms with Crippen molar-refractivity contribution in [3.8, 4) is 0 Å². The van der Waals surface area contributed by atoms with E-state index in [1.54, 1.807) is 35.4 Å². The molecule has 1 saturated heterocycles. The smallest absolute Gasteiger partial charge is 0.359 e.